The number of carboxylic acid groups (broad SMARTS) is 1. The van der Waals surface area contributed by atoms with Gasteiger partial charge in [0, 0.05) is 3.57 Å². The van der Waals surface area contributed by atoms with E-state index < -0.39 is 18.7 Å². The number of carbonyl (C=O) groups excluding carboxylic acids is 1. The van der Waals surface area contributed by atoms with Crippen molar-refractivity contribution in [2.75, 3.05) is 13.2 Å². The Bertz CT molecular complexity index is 459. The van der Waals surface area contributed by atoms with Gasteiger partial charge in [0.2, 0.25) is 0 Å². The van der Waals surface area contributed by atoms with Crippen molar-refractivity contribution in [2.45, 2.75) is 6.11 Å². The molecule has 19 heavy (non-hydrogen) atoms. The van der Waals surface area contributed by atoms with Crippen molar-refractivity contribution in [1.82, 2.24) is 0 Å². The van der Waals surface area contributed by atoms with Gasteiger partial charge in [-0.3, -0.25) is 0 Å². The van der Waals surface area contributed by atoms with Crippen LogP contribution < -0.4 is 9.84 Å². The number of carboxylic acids is 1. The fraction of sp³-hybridized carbons (Fsp3) is 0.300. The minimum atomic E-state index is -4.30. The lowest BCUT2D eigenvalue weighted by molar-refractivity contribution is -0.363. The molecule has 1 aromatic rings. The molecule has 0 aromatic heterocycles. The number of alkyl halides is 2. The second-order valence-corrected chi connectivity index (χ2v) is 6.77. The Hall–Kier alpha value is 0.500. The van der Waals surface area contributed by atoms with Gasteiger partial charge in [0.1, 0.15) is 18.3 Å². The first-order valence-electron chi connectivity index (χ1n) is 4.74. The summed E-state index contributed by atoms with van der Waals surface area (Å²) >= 11 is 6.27. The van der Waals surface area contributed by atoms with Crippen LogP contribution in [0.1, 0.15) is 0 Å². The minimum absolute atomic E-state index is 0.185. The second kappa shape index (κ2) is 7.49. The number of rotatable bonds is 6. The van der Waals surface area contributed by atoms with E-state index in [4.69, 9.17) is 4.74 Å². The van der Waals surface area contributed by atoms with Crippen LogP contribution in [0.4, 0.5) is 8.78 Å². The number of aliphatic carboxylic acids is 1. The highest BCUT2D eigenvalue weighted by atomic mass is 127. The lowest BCUT2D eigenvalue weighted by Crippen LogP contribution is -2.44. The van der Waals surface area contributed by atoms with Gasteiger partial charge in [0.05, 0.1) is 13.7 Å². The van der Waals surface area contributed by atoms with Crippen LogP contribution in [0.2, 0.25) is 0 Å². The van der Waals surface area contributed by atoms with Crippen molar-refractivity contribution in [2.24, 2.45) is 0 Å². The monoisotopic (exact) mass is 609 g/mol. The number of halogens is 5. The van der Waals surface area contributed by atoms with Crippen molar-refractivity contribution in [3.8, 4) is 5.75 Å². The van der Waals surface area contributed by atoms with E-state index in [1.807, 2.05) is 12.1 Å². The predicted molar refractivity (Wildman–Crippen MR) is 86.0 cm³/mol. The number of ether oxygens (including phenoxy) is 2. The molecule has 1 rings (SSSR count). The summed E-state index contributed by atoms with van der Waals surface area (Å²) in [5.74, 6) is -2.01. The normalized spacial score (nSPS) is 11.4. The molecule has 0 bridgehead atoms. The van der Waals surface area contributed by atoms with Gasteiger partial charge >= 0.3 is 6.11 Å². The second-order valence-electron chi connectivity index (χ2n) is 3.20. The maximum absolute atomic E-state index is 12.5. The zero-order valence-electron chi connectivity index (χ0n) is 9.09. The summed E-state index contributed by atoms with van der Waals surface area (Å²) in [5.41, 5.74) is 0. The third kappa shape index (κ3) is 5.41. The molecule has 0 unspecified atom stereocenters. The predicted octanol–water partition coefficient (Wildman–Crippen LogP) is 2.24. The van der Waals surface area contributed by atoms with Gasteiger partial charge in [-0.15, -0.1) is 0 Å². The Labute approximate surface area is 148 Å². The van der Waals surface area contributed by atoms with Crippen LogP contribution in [0, 0.1) is 10.7 Å². The van der Waals surface area contributed by atoms with Crippen LogP contribution in [0.3, 0.4) is 0 Å². The molecule has 0 aliphatic rings. The highest BCUT2D eigenvalue weighted by Crippen LogP contribution is 2.29. The zero-order valence-corrected chi connectivity index (χ0v) is 15.6. The van der Waals surface area contributed by atoms with E-state index in [9.17, 15) is 18.7 Å². The minimum Gasteiger partial charge on any atom is -0.542 e. The molecular formula is C10H6F2I3O4-. The van der Waals surface area contributed by atoms with E-state index in [-0.39, 0.29) is 6.61 Å². The van der Waals surface area contributed by atoms with Gasteiger partial charge in [-0.1, -0.05) is 0 Å². The number of hydrogen-bond donors (Lipinski definition) is 0. The summed E-state index contributed by atoms with van der Waals surface area (Å²) in [7, 11) is 0. The topological polar surface area (TPSA) is 58.6 Å². The van der Waals surface area contributed by atoms with Gasteiger partial charge in [-0.05, 0) is 79.9 Å². The van der Waals surface area contributed by atoms with Crippen molar-refractivity contribution >= 4 is 73.7 Å². The molecule has 1 aromatic carbocycles. The molecule has 0 heterocycles. The zero-order chi connectivity index (χ0) is 14.6. The van der Waals surface area contributed by atoms with Gasteiger partial charge in [0.25, 0.3) is 0 Å². The van der Waals surface area contributed by atoms with Gasteiger partial charge < -0.3 is 19.4 Å². The fourth-order valence-corrected chi connectivity index (χ4v) is 4.93. The van der Waals surface area contributed by atoms with Crippen LogP contribution in [0.5, 0.6) is 5.75 Å². The van der Waals surface area contributed by atoms with E-state index in [0.717, 1.165) is 10.7 Å². The van der Waals surface area contributed by atoms with Crippen LogP contribution >= 0.6 is 67.8 Å². The number of carbonyl (C=O) groups is 1. The molecule has 0 fully saturated rings. The van der Waals surface area contributed by atoms with E-state index in [1.54, 1.807) is 0 Å². The van der Waals surface area contributed by atoms with Crippen molar-refractivity contribution in [1.29, 1.82) is 0 Å². The number of hydrogen-bond acceptors (Lipinski definition) is 4. The Morgan fingerprint density at radius 1 is 1.21 bits per heavy atom. The van der Waals surface area contributed by atoms with Crippen molar-refractivity contribution < 1.29 is 28.2 Å². The first-order chi connectivity index (χ1) is 8.74. The maximum atomic E-state index is 12.5. The van der Waals surface area contributed by atoms with Gasteiger partial charge in [-0.2, -0.15) is 8.78 Å². The third-order valence-corrected chi connectivity index (χ3v) is 4.04. The standard InChI is InChI=1S/C10H7F2I3O4/c11-10(12,9(16)17)19-2-1-18-8-6(14)3-5(13)4-7(8)15/h3-4H,1-2H2,(H,16,17)/p-1. The molecule has 0 aliphatic heterocycles. The summed E-state index contributed by atoms with van der Waals surface area (Å²) in [6.07, 6.45) is -4.30. The maximum Gasteiger partial charge on any atom is 0.397 e. The first-order valence-corrected chi connectivity index (χ1v) is 7.98. The van der Waals surface area contributed by atoms with E-state index in [0.29, 0.717) is 5.75 Å². The molecule has 0 saturated heterocycles. The molecule has 0 aliphatic carbocycles. The van der Waals surface area contributed by atoms with Crippen molar-refractivity contribution in [3.05, 3.63) is 22.8 Å². The average molecular weight is 609 g/mol. The molecule has 0 spiro atoms. The quantitative estimate of drug-likeness (QED) is 0.367. The van der Waals surface area contributed by atoms with Crippen LogP contribution in [-0.4, -0.2) is 25.3 Å². The Kier molecular flexibility index (Phi) is 6.92. The smallest absolute Gasteiger partial charge is 0.397 e. The Morgan fingerprint density at radius 2 is 1.74 bits per heavy atom. The van der Waals surface area contributed by atoms with Crippen LogP contribution in [0.25, 0.3) is 0 Å². The summed E-state index contributed by atoms with van der Waals surface area (Å²) in [6.45, 7) is -0.741. The molecule has 0 saturated carbocycles. The highest BCUT2D eigenvalue weighted by Gasteiger charge is 2.32. The largest absolute Gasteiger partial charge is 0.542 e. The Morgan fingerprint density at radius 3 is 2.21 bits per heavy atom. The molecule has 0 amide bonds. The van der Waals surface area contributed by atoms with Crippen LogP contribution in [0.15, 0.2) is 12.1 Å². The fourth-order valence-electron chi connectivity index (χ4n) is 1.04. The molecule has 0 N–H and O–H groups in total. The lowest BCUT2D eigenvalue weighted by Gasteiger charge is -2.17. The molecule has 106 valence electrons. The molecule has 0 radical (unpaired) electrons. The molecule has 4 nitrogen and oxygen atoms in total. The molecular weight excluding hydrogens is 603 g/mol. The third-order valence-electron chi connectivity index (χ3n) is 1.81. The van der Waals surface area contributed by atoms with E-state index in [2.05, 4.69) is 72.5 Å². The molecule has 0 atom stereocenters. The van der Waals surface area contributed by atoms with Gasteiger partial charge in [0.15, 0.2) is 0 Å². The SMILES string of the molecule is O=C([O-])C(F)(F)OCCOc1c(I)cc(I)cc1I. The van der Waals surface area contributed by atoms with Gasteiger partial charge in [-0.25, -0.2) is 0 Å². The van der Waals surface area contributed by atoms with E-state index >= 15 is 0 Å². The summed E-state index contributed by atoms with van der Waals surface area (Å²) in [5, 5.41) is 10.0. The highest BCUT2D eigenvalue weighted by molar-refractivity contribution is 14.1. The average Bonchev–Trinajstić information content (AvgIpc) is 2.26. The first kappa shape index (κ1) is 17.6. The number of benzene rings is 1. The summed E-state index contributed by atoms with van der Waals surface area (Å²) < 4.78 is 37.0. The van der Waals surface area contributed by atoms with E-state index in [1.165, 1.54) is 0 Å². The Balaban J connectivity index is 2.53. The summed E-state index contributed by atoms with van der Waals surface area (Å²) in [6, 6.07) is 3.74. The summed E-state index contributed by atoms with van der Waals surface area (Å²) in [4.78, 5) is 10.0. The van der Waals surface area contributed by atoms with Crippen molar-refractivity contribution in [3.63, 3.8) is 0 Å². The molecule has 9 heteroatoms. The lowest BCUT2D eigenvalue weighted by atomic mass is 10.3. The van der Waals surface area contributed by atoms with Crippen LogP contribution in [-0.2, 0) is 9.53 Å².